The van der Waals surface area contributed by atoms with Gasteiger partial charge < -0.3 is 0 Å². The summed E-state index contributed by atoms with van der Waals surface area (Å²) >= 11 is 1.31. The Morgan fingerprint density at radius 1 is 1.36 bits per heavy atom. The van der Waals surface area contributed by atoms with E-state index in [-0.39, 0.29) is 11.5 Å². The first-order valence-corrected chi connectivity index (χ1v) is 9.73. The Balaban J connectivity index is 1.91. The molecule has 1 aliphatic heterocycles. The molecule has 0 aromatic carbocycles. The Bertz CT molecular complexity index is 681. The smallest absolute Gasteiger partial charge is 0.273 e. The van der Waals surface area contributed by atoms with E-state index in [1.165, 1.54) is 11.3 Å². The maximum Gasteiger partial charge on any atom is 0.281 e. The summed E-state index contributed by atoms with van der Waals surface area (Å²) in [5.74, 6) is -1.62. The number of hydrazine groups is 1. The number of aryl methyl sites for hydroxylation is 2. The number of carbonyl (C=O) groups is 2. The molecule has 0 saturated carbocycles. The minimum atomic E-state index is -3.12. The van der Waals surface area contributed by atoms with E-state index < -0.39 is 27.6 Å². The normalized spacial score (nSPS) is 19.8. The molecule has 0 aliphatic carbocycles. The highest BCUT2D eigenvalue weighted by Gasteiger charge is 2.33. The number of nitrogens with one attached hydrogen (secondary N) is 2. The zero-order chi connectivity index (χ0) is 16.3. The van der Waals surface area contributed by atoms with Gasteiger partial charge in [-0.1, -0.05) is 6.92 Å². The van der Waals surface area contributed by atoms with Crippen LogP contribution in [0.5, 0.6) is 0 Å². The molecule has 2 amide bonds. The summed E-state index contributed by atoms with van der Waals surface area (Å²) in [5, 5.41) is 0.887. The van der Waals surface area contributed by atoms with Gasteiger partial charge in [-0.05, 0) is 26.2 Å². The maximum atomic E-state index is 12.1. The average molecular weight is 345 g/mol. The molecule has 0 spiro atoms. The predicted molar refractivity (Wildman–Crippen MR) is 83.2 cm³/mol. The van der Waals surface area contributed by atoms with Gasteiger partial charge in [-0.2, -0.15) is 0 Å². The van der Waals surface area contributed by atoms with E-state index in [0.29, 0.717) is 17.0 Å². The second-order valence-corrected chi connectivity index (χ2v) is 8.63. The van der Waals surface area contributed by atoms with Gasteiger partial charge in [0.2, 0.25) is 5.91 Å². The lowest BCUT2D eigenvalue weighted by Gasteiger charge is -2.10. The molecule has 122 valence electrons. The van der Waals surface area contributed by atoms with Gasteiger partial charge in [-0.3, -0.25) is 20.4 Å². The largest absolute Gasteiger partial charge is 0.281 e. The van der Waals surface area contributed by atoms with Crippen molar-refractivity contribution >= 4 is 33.0 Å². The Hall–Kier alpha value is -1.48. The minimum Gasteiger partial charge on any atom is -0.273 e. The van der Waals surface area contributed by atoms with Crippen LogP contribution in [-0.4, -0.2) is 36.7 Å². The zero-order valence-corrected chi connectivity index (χ0v) is 14.1. The molecule has 1 aromatic heterocycles. The highest BCUT2D eigenvalue weighted by atomic mass is 32.2. The number of nitrogens with zero attached hydrogens (tertiary/aromatic N) is 1. The van der Waals surface area contributed by atoms with Crippen LogP contribution in [0.25, 0.3) is 0 Å². The van der Waals surface area contributed by atoms with Gasteiger partial charge in [0.1, 0.15) is 4.88 Å². The summed E-state index contributed by atoms with van der Waals surface area (Å²) in [5.41, 5.74) is 5.27. The van der Waals surface area contributed by atoms with Gasteiger partial charge in [0.15, 0.2) is 9.84 Å². The van der Waals surface area contributed by atoms with Gasteiger partial charge in [-0.25, -0.2) is 13.4 Å². The van der Waals surface area contributed by atoms with E-state index in [1.807, 2.05) is 6.92 Å². The molecule has 1 atom stereocenters. The van der Waals surface area contributed by atoms with Crippen LogP contribution in [0.4, 0.5) is 0 Å². The van der Waals surface area contributed by atoms with Crippen molar-refractivity contribution in [2.75, 3.05) is 11.5 Å². The molecular formula is C13H19N3O4S2. The van der Waals surface area contributed by atoms with Crippen LogP contribution in [0.3, 0.4) is 0 Å². The van der Waals surface area contributed by atoms with Crippen molar-refractivity contribution in [3.05, 3.63) is 15.6 Å². The van der Waals surface area contributed by atoms with Crippen LogP contribution in [0.15, 0.2) is 0 Å². The number of hydrogen-bond donors (Lipinski definition) is 2. The quantitative estimate of drug-likeness (QED) is 0.778. The maximum absolute atomic E-state index is 12.1. The Morgan fingerprint density at radius 3 is 2.68 bits per heavy atom. The summed E-state index contributed by atoms with van der Waals surface area (Å²) < 4.78 is 22.7. The fraction of sp³-hybridized carbons (Fsp3) is 0.615. The first-order chi connectivity index (χ1) is 10.3. The fourth-order valence-corrected chi connectivity index (χ4v) is 5.07. The van der Waals surface area contributed by atoms with Gasteiger partial charge in [0.25, 0.3) is 5.91 Å². The van der Waals surface area contributed by atoms with Gasteiger partial charge >= 0.3 is 0 Å². The predicted octanol–water partition coefficient (Wildman–Crippen LogP) is 0.600. The second-order valence-electron chi connectivity index (χ2n) is 5.32. The molecule has 2 heterocycles. The molecule has 0 bridgehead atoms. The molecule has 1 aliphatic rings. The summed E-state index contributed by atoms with van der Waals surface area (Å²) in [7, 11) is -3.12. The standard InChI is InChI=1S/C13H19N3O4S2/c1-3-4-10-14-8(2)11(21-10)13(18)16-15-12(17)9-5-6-22(19,20)7-9/h9H,3-7H2,1-2H3,(H,15,17)(H,16,18)/t9-/m0/s1. The van der Waals surface area contributed by atoms with Crippen molar-refractivity contribution in [1.29, 1.82) is 0 Å². The van der Waals surface area contributed by atoms with Crippen LogP contribution in [0.2, 0.25) is 0 Å². The van der Waals surface area contributed by atoms with E-state index in [2.05, 4.69) is 15.8 Å². The number of amides is 2. The number of thiazole rings is 1. The number of aromatic nitrogens is 1. The van der Waals surface area contributed by atoms with Gasteiger partial charge in [-0.15, -0.1) is 11.3 Å². The fourth-order valence-electron chi connectivity index (χ4n) is 2.26. The Labute approximate surface area is 133 Å². The van der Waals surface area contributed by atoms with Crippen molar-refractivity contribution in [3.8, 4) is 0 Å². The molecule has 0 radical (unpaired) electrons. The number of sulfone groups is 1. The number of hydrogen-bond acceptors (Lipinski definition) is 6. The van der Waals surface area contributed by atoms with E-state index >= 15 is 0 Å². The number of carbonyl (C=O) groups excluding carboxylic acids is 2. The van der Waals surface area contributed by atoms with Crippen LogP contribution < -0.4 is 10.9 Å². The highest BCUT2D eigenvalue weighted by molar-refractivity contribution is 7.91. The summed E-state index contributed by atoms with van der Waals surface area (Å²) in [4.78, 5) is 28.7. The third kappa shape index (κ3) is 4.04. The van der Waals surface area contributed by atoms with Gasteiger partial charge in [0.05, 0.1) is 28.1 Å². The molecule has 7 nitrogen and oxygen atoms in total. The molecule has 2 N–H and O–H groups in total. The summed E-state index contributed by atoms with van der Waals surface area (Å²) in [6, 6.07) is 0. The Kier molecular flexibility index (Phi) is 5.17. The van der Waals surface area contributed by atoms with Crippen LogP contribution in [0.1, 0.15) is 40.1 Å². The first kappa shape index (κ1) is 16.9. The minimum absolute atomic E-state index is 0.0212. The van der Waals surface area contributed by atoms with Crippen molar-refractivity contribution in [2.24, 2.45) is 5.92 Å². The van der Waals surface area contributed by atoms with E-state index in [0.717, 1.165) is 17.8 Å². The monoisotopic (exact) mass is 345 g/mol. The highest BCUT2D eigenvalue weighted by Crippen LogP contribution is 2.20. The third-order valence-corrected chi connectivity index (χ3v) is 6.40. The van der Waals surface area contributed by atoms with E-state index in [9.17, 15) is 18.0 Å². The second kappa shape index (κ2) is 6.74. The molecule has 0 unspecified atom stereocenters. The Morgan fingerprint density at radius 2 is 2.09 bits per heavy atom. The van der Waals surface area contributed by atoms with Gasteiger partial charge in [0, 0.05) is 0 Å². The SMILES string of the molecule is CCCc1nc(C)c(C(=O)NNC(=O)[C@H]2CCS(=O)(=O)C2)s1. The van der Waals surface area contributed by atoms with Crippen LogP contribution in [-0.2, 0) is 21.1 Å². The topological polar surface area (TPSA) is 105 Å². The van der Waals surface area contributed by atoms with Crippen molar-refractivity contribution in [1.82, 2.24) is 15.8 Å². The van der Waals surface area contributed by atoms with Crippen LogP contribution >= 0.6 is 11.3 Å². The molecule has 1 fully saturated rings. The third-order valence-electron chi connectivity index (χ3n) is 3.41. The lowest BCUT2D eigenvalue weighted by atomic mass is 10.1. The van der Waals surface area contributed by atoms with E-state index in [4.69, 9.17) is 0 Å². The molecule has 2 rings (SSSR count). The van der Waals surface area contributed by atoms with Crippen LogP contribution in [0, 0.1) is 12.8 Å². The molecule has 1 aromatic rings. The lowest BCUT2D eigenvalue weighted by molar-refractivity contribution is -0.125. The first-order valence-electron chi connectivity index (χ1n) is 7.09. The van der Waals surface area contributed by atoms with Crippen molar-refractivity contribution in [3.63, 3.8) is 0 Å². The molecule has 22 heavy (non-hydrogen) atoms. The van der Waals surface area contributed by atoms with Crippen molar-refractivity contribution < 1.29 is 18.0 Å². The molecular weight excluding hydrogens is 326 g/mol. The summed E-state index contributed by atoms with van der Waals surface area (Å²) in [6.45, 7) is 3.78. The lowest BCUT2D eigenvalue weighted by Crippen LogP contribution is -2.44. The summed E-state index contributed by atoms with van der Waals surface area (Å²) in [6.07, 6.45) is 2.05. The molecule has 1 saturated heterocycles. The average Bonchev–Trinajstić information content (AvgIpc) is 2.99. The van der Waals surface area contributed by atoms with E-state index in [1.54, 1.807) is 6.92 Å². The molecule has 9 heteroatoms. The number of rotatable bonds is 4. The zero-order valence-electron chi connectivity index (χ0n) is 12.5. The van der Waals surface area contributed by atoms with Crippen molar-refractivity contribution in [2.45, 2.75) is 33.1 Å².